The highest BCUT2D eigenvalue weighted by molar-refractivity contribution is 5.15. The van der Waals surface area contributed by atoms with E-state index >= 15 is 0 Å². The highest BCUT2D eigenvalue weighted by Gasteiger charge is 2.32. The number of piperidine rings is 1. The van der Waals surface area contributed by atoms with Crippen molar-refractivity contribution in [3.63, 3.8) is 0 Å². The third-order valence-corrected chi connectivity index (χ3v) is 3.69. The van der Waals surface area contributed by atoms with E-state index in [2.05, 4.69) is 41.7 Å². The molecule has 1 heteroatoms. The Kier molecular flexibility index (Phi) is 2.49. The van der Waals surface area contributed by atoms with Crippen LogP contribution in [0.1, 0.15) is 18.4 Å². The highest BCUT2D eigenvalue weighted by atomic mass is 15.1. The Labute approximate surface area is 92.1 Å². The van der Waals surface area contributed by atoms with Crippen LogP contribution in [0.3, 0.4) is 0 Å². The molecule has 1 saturated heterocycles. The van der Waals surface area contributed by atoms with Gasteiger partial charge in [0.15, 0.2) is 0 Å². The molecule has 2 bridgehead atoms. The number of rotatable bonds is 2. The molecule has 0 spiro atoms. The second kappa shape index (κ2) is 3.97. The van der Waals surface area contributed by atoms with Crippen LogP contribution < -0.4 is 0 Å². The first-order valence-electron chi connectivity index (χ1n) is 6.01. The second-order valence-electron chi connectivity index (χ2n) is 4.97. The van der Waals surface area contributed by atoms with Crippen LogP contribution in [0, 0.1) is 18.3 Å². The fourth-order valence-corrected chi connectivity index (χ4v) is 3.02. The van der Waals surface area contributed by atoms with Crippen molar-refractivity contribution in [3.05, 3.63) is 42.3 Å². The van der Waals surface area contributed by atoms with Gasteiger partial charge in [0, 0.05) is 19.6 Å². The molecular weight excluding hydrogens is 182 g/mol. The van der Waals surface area contributed by atoms with Crippen molar-refractivity contribution in [1.29, 1.82) is 0 Å². The Morgan fingerprint density at radius 2 is 1.67 bits per heavy atom. The van der Waals surface area contributed by atoms with E-state index in [9.17, 15) is 0 Å². The molecule has 1 aromatic carbocycles. The highest BCUT2D eigenvalue weighted by Crippen LogP contribution is 2.35. The quantitative estimate of drug-likeness (QED) is 0.709. The van der Waals surface area contributed by atoms with E-state index in [-0.39, 0.29) is 0 Å². The molecule has 1 saturated carbocycles. The van der Waals surface area contributed by atoms with Crippen LogP contribution in [-0.2, 0) is 6.54 Å². The van der Waals surface area contributed by atoms with Crippen LogP contribution in [0.5, 0.6) is 0 Å². The van der Waals surface area contributed by atoms with Crippen molar-refractivity contribution in [2.45, 2.75) is 19.4 Å². The summed E-state index contributed by atoms with van der Waals surface area (Å²) in [5, 5.41) is 0. The molecule has 1 heterocycles. The summed E-state index contributed by atoms with van der Waals surface area (Å²) in [6, 6.07) is 10.8. The molecule has 2 atom stereocenters. The molecule has 0 N–H and O–H groups in total. The first kappa shape index (κ1) is 9.41. The van der Waals surface area contributed by atoms with Crippen LogP contribution >= 0.6 is 0 Å². The van der Waals surface area contributed by atoms with E-state index in [1.807, 2.05) is 0 Å². The van der Waals surface area contributed by atoms with E-state index in [0.717, 1.165) is 18.4 Å². The van der Waals surface area contributed by atoms with E-state index in [1.165, 1.54) is 31.5 Å². The minimum atomic E-state index is 0.882. The molecule has 2 unspecified atom stereocenters. The average Bonchev–Trinajstić information content (AvgIpc) is 2.60. The average molecular weight is 200 g/mol. The SMILES string of the molecule is [CH]1C2CCC1CN(Cc1ccccc1)C2. The first-order valence-corrected chi connectivity index (χ1v) is 6.01. The van der Waals surface area contributed by atoms with Crippen LogP contribution in [0.25, 0.3) is 0 Å². The third-order valence-electron chi connectivity index (χ3n) is 3.69. The van der Waals surface area contributed by atoms with Crippen LogP contribution in [0.4, 0.5) is 0 Å². The topological polar surface area (TPSA) is 3.24 Å². The van der Waals surface area contributed by atoms with Gasteiger partial charge in [-0.05, 0) is 36.7 Å². The minimum absolute atomic E-state index is 0.882. The predicted molar refractivity (Wildman–Crippen MR) is 62.2 cm³/mol. The zero-order chi connectivity index (χ0) is 10.1. The molecule has 1 aliphatic carbocycles. The number of hydrogen-bond donors (Lipinski definition) is 0. The lowest BCUT2D eigenvalue weighted by Gasteiger charge is -2.31. The molecule has 1 aromatic rings. The van der Waals surface area contributed by atoms with Gasteiger partial charge in [-0.3, -0.25) is 4.90 Å². The Hall–Kier alpha value is -0.820. The standard InChI is InChI=1S/C14H18N/c1-2-4-12(5-3-1)9-15-10-13-6-7-14(8-13)11-15/h1-5,8,13-14H,6-7,9-11H2. The summed E-state index contributed by atoms with van der Waals surface area (Å²) < 4.78 is 0. The van der Waals surface area contributed by atoms with Crippen molar-refractivity contribution < 1.29 is 0 Å². The van der Waals surface area contributed by atoms with E-state index in [1.54, 1.807) is 0 Å². The van der Waals surface area contributed by atoms with E-state index in [0.29, 0.717) is 0 Å². The predicted octanol–water partition coefficient (Wildman–Crippen LogP) is 2.73. The van der Waals surface area contributed by atoms with Crippen molar-refractivity contribution in [2.24, 2.45) is 11.8 Å². The molecule has 3 rings (SSSR count). The number of hydrogen-bond acceptors (Lipinski definition) is 1. The Morgan fingerprint density at radius 1 is 1.00 bits per heavy atom. The second-order valence-corrected chi connectivity index (χ2v) is 4.97. The van der Waals surface area contributed by atoms with Gasteiger partial charge < -0.3 is 0 Å². The molecule has 1 radical (unpaired) electrons. The van der Waals surface area contributed by atoms with Gasteiger partial charge in [-0.25, -0.2) is 0 Å². The van der Waals surface area contributed by atoms with Crippen LogP contribution in [0.15, 0.2) is 30.3 Å². The maximum Gasteiger partial charge on any atom is 0.0233 e. The Balaban J connectivity index is 1.65. The maximum absolute atomic E-state index is 2.62. The van der Waals surface area contributed by atoms with Gasteiger partial charge in [-0.2, -0.15) is 0 Å². The lowest BCUT2D eigenvalue weighted by atomic mass is 9.98. The summed E-state index contributed by atoms with van der Waals surface area (Å²) in [4.78, 5) is 2.62. The summed E-state index contributed by atoms with van der Waals surface area (Å²) >= 11 is 0. The summed E-state index contributed by atoms with van der Waals surface area (Å²) in [5.74, 6) is 1.76. The van der Waals surface area contributed by atoms with Gasteiger partial charge in [0.2, 0.25) is 0 Å². The molecule has 2 aliphatic rings. The van der Waals surface area contributed by atoms with Gasteiger partial charge in [-0.1, -0.05) is 30.3 Å². The van der Waals surface area contributed by atoms with Gasteiger partial charge >= 0.3 is 0 Å². The van der Waals surface area contributed by atoms with Crippen molar-refractivity contribution in [3.8, 4) is 0 Å². The number of likely N-dealkylation sites (tertiary alicyclic amines) is 1. The Morgan fingerprint density at radius 3 is 2.33 bits per heavy atom. The molecule has 0 amide bonds. The van der Waals surface area contributed by atoms with Crippen molar-refractivity contribution in [2.75, 3.05) is 13.1 Å². The molecule has 1 nitrogen and oxygen atoms in total. The van der Waals surface area contributed by atoms with Gasteiger partial charge in [-0.15, -0.1) is 0 Å². The molecule has 79 valence electrons. The van der Waals surface area contributed by atoms with E-state index < -0.39 is 0 Å². The van der Waals surface area contributed by atoms with Gasteiger partial charge in [0.1, 0.15) is 0 Å². The fraction of sp³-hybridized carbons (Fsp3) is 0.500. The molecule has 2 fully saturated rings. The van der Waals surface area contributed by atoms with Crippen molar-refractivity contribution >= 4 is 0 Å². The summed E-state index contributed by atoms with van der Waals surface area (Å²) in [6.07, 6.45) is 5.44. The normalized spacial score (nSPS) is 30.7. The zero-order valence-electron chi connectivity index (χ0n) is 9.10. The lowest BCUT2D eigenvalue weighted by molar-refractivity contribution is 0.198. The molecular formula is C14H18N. The summed E-state index contributed by atoms with van der Waals surface area (Å²) in [7, 11) is 0. The number of nitrogens with zero attached hydrogens (tertiary/aromatic N) is 1. The van der Waals surface area contributed by atoms with Crippen molar-refractivity contribution in [1.82, 2.24) is 4.90 Å². The zero-order valence-corrected chi connectivity index (χ0v) is 9.10. The summed E-state index contributed by atoms with van der Waals surface area (Å²) in [6.45, 7) is 3.71. The largest absolute Gasteiger partial charge is 0.299 e. The van der Waals surface area contributed by atoms with Gasteiger partial charge in [0.05, 0.1) is 0 Å². The van der Waals surface area contributed by atoms with Gasteiger partial charge in [0.25, 0.3) is 0 Å². The minimum Gasteiger partial charge on any atom is -0.299 e. The smallest absolute Gasteiger partial charge is 0.0233 e. The molecule has 1 aliphatic heterocycles. The fourth-order valence-electron chi connectivity index (χ4n) is 3.02. The first-order chi connectivity index (χ1) is 7.40. The molecule has 15 heavy (non-hydrogen) atoms. The monoisotopic (exact) mass is 200 g/mol. The van der Waals surface area contributed by atoms with E-state index in [4.69, 9.17) is 0 Å². The lowest BCUT2D eigenvalue weighted by Crippen LogP contribution is -2.36. The number of benzene rings is 1. The Bertz CT molecular complexity index is 307. The van der Waals surface area contributed by atoms with Crippen LogP contribution in [-0.4, -0.2) is 18.0 Å². The maximum atomic E-state index is 2.62. The summed E-state index contributed by atoms with van der Waals surface area (Å²) in [5.41, 5.74) is 1.46. The third kappa shape index (κ3) is 2.07. The van der Waals surface area contributed by atoms with Crippen LogP contribution in [0.2, 0.25) is 0 Å². The number of fused-ring (bicyclic) bond motifs is 2. The molecule has 0 aromatic heterocycles.